The van der Waals surface area contributed by atoms with Crippen molar-refractivity contribution in [2.75, 3.05) is 19.8 Å². The number of hydrogen-bond acceptors (Lipinski definition) is 3. The fraction of sp³-hybridized carbons (Fsp3) is 1.00. The highest BCUT2D eigenvalue weighted by atomic mass is 16.5. The molecular weight excluding hydrogens is 156 g/mol. The molecule has 0 aromatic carbocycles. The summed E-state index contributed by atoms with van der Waals surface area (Å²) in [5, 5.41) is 16.0. The molecule has 12 heavy (non-hydrogen) atoms. The van der Waals surface area contributed by atoms with Gasteiger partial charge in [0, 0.05) is 13.2 Å². The zero-order valence-electron chi connectivity index (χ0n) is 8.42. The van der Waals surface area contributed by atoms with Crippen molar-refractivity contribution in [1.82, 2.24) is 0 Å². The summed E-state index contributed by atoms with van der Waals surface area (Å²) in [6.07, 6.45) is 1.88. The topological polar surface area (TPSA) is 49.7 Å². The average molecular weight is 178 g/mol. The fourth-order valence-corrected chi connectivity index (χ4v) is 0.391. The number of hydrogen-bond donors (Lipinski definition) is 2. The van der Waals surface area contributed by atoms with E-state index in [2.05, 4.69) is 6.92 Å². The molecule has 0 aliphatic heterocycles. The van der Waals surface area contributed by atoms with E-state index in [4.69, 9.17) is 14.9 Å². The van der Waals surface area contributed by atoms with Crippen LogP contribution in [0.3, 0.4) is 0 Å². The molecular formula is C9H22O3. The second-order valence-corrected chi connectivity index (χ2v) is 2.58. The van der Waals surface area contributed by atoms with Crippen molar-refractivity contribution in [2.45, 2.75) is 39.7 Å². The average Bonchev–Trinajstić information content (AvgIpc) is 2.07. The summed E-state index contributed by atoms with van der Waals surface area (Å²) < 4.78 is 5.07. The highest BCUT2D eigenvalue weighted by Gasteiger charge is 1.83. The van der Waals surface area contributed by atoms with Crippen LogP contribution in [0.4, 0.5) is 0 Å². The molecule has 3 nitrogen and oxygen atoms in total. The number of aliphatic hydroxyl groups is 2. The minimum Gasteiger partial charge on any atom is -0.394 e. The summed E-state index contributed by atoms with van der Waals surface area (Å²) in [7, 11) is 0. The Morgan fingerprint density at radius 3 is 2.08 bits per heavy atom. The quantitative estimate of drug-likeness (QED) is 0.622. The predicted molar refractivity (Wildman–Crippen MR) is 50.2 cm³/mol. The molecule has 0 spiro atoms. The van der Waals surface area contributed by atoms with Crippen LogP contribution in [-0.4, -0.2) is 36.1 Å². The molecule has 0 aliphatic carbocycles. The summed E-state index contributed by atoms with van der Waals surface area (Å²) in [4.78, 5) is 0. The fourth-order valence-electron chi connectivity index (χ4n) is 0.391. The van der Waals surface area contributed by atoms with Gasteiger partial charge >= 0.3 is 0 Å². The van der Waals surface area contributed by atoms with Crippen molar-refractivity contribution < 1.29 is 14.9 Å². The Morgan fingerprint density at radius 2 is 1.83 bits per heavy atom. The van der Waals surface area contributed by atoms with Crippen LogP contribution < -0.4 is 0 Å². The highest BCUT2D eigenvalue weighted by molar-refractivity contribution is 4.34. The minimum atomic E-state index is -0.560. The molecule has 0 bridgehead atoms. The number of rotatable bonds is 5. The second-order valence-electron chi connectivity index (χ2n) is 2.58. The number of unbranched alkanes of at least 4 members (excludes halogenated alkanes) is 1. The van der Waals surface area contributed by atoms with Crippen LogP contribution in [-0.2, 0) is 4.74 Å². The largest absolute Gasteiger partial charge is 0.394 e. The van der Waals surface area contributed by atoms with Gasteiger partial charge in [-0.25, -0.2) is 0 Å². The van der Waals surface area contributed by atoms with E-state index in [1.54, 1.807) is 0 Å². The van der Waals surface area contributed by atoms with Crippen molar-refractivity contribution in [1.29, 1.82) is 0 Å². The van der Waals surface area contributed by atoms with Gasteiger partial charge in [0.25, 0.3) is 0 Å². The van der Waals surface area contributed by atoms with E-state index in [1.807, 2.05) is 6.92 Å². The van der Waals surface area contributed by atoms with Crippen molar-refractivity contribution in [2.24, 2.45) is 0 Å². The van der Waals surface area contributed by atoms with Gasteiger partial charge in [0.05, 0.1) is 12.7 Å². The van der Waals surface area contributed by atoms with Gasteiger partial charge in [0.1, 0.15) is 0 Å². The first-order chi connectivity index (χ1) is 5.68. The standard InChI is InChI=1S/C6H14O.C3H8O2/c1-3-5-6-7-4-2;1-3(5)2-4/h3-6H2,1-2H3;3-5H,2H2,1H3. The van der Waals surface area contributed by atoms with E-state index in [0.717, 1.165) is 13.2 Å². The maximum absolute atomic E-state index is 8.11. The Kier molecular flexibility index (Phi) is 16.2. The smallest absolute Gasteiger partial charge is 0.0742 e. The summed E-state index contributed by atoms with van der Waals surface area (Å²) in [5.74, 6) is 0. The van der Waals surface area contributed by atoms with Gasteiger partial charge in [0.15, 0.2) is 0 Å². The molecule has 76 valence electrons. The van der Waals surface area contributed by atoms with Crippen molar-refractivity contribution in [3.63, 3.8) is 0 Å². The normalized spacial score (nSPS) is 11.8. The highest BCUT2D eigenvalue weighted by Crippen LogP contribution is 1.85. The number of ether oxygens (including phenoxy) is 1. The lowest BCUT2D eigenvalue weighted by molar-refractivity contribution is 0.110. The molecule has 3 heteroatoms. The molecule has 1 atom stereocenters. The summed E-state index contributed by atoms with van der Waals surface area (Å²) in [6, 6.07) is 0. The maximum Gasteiger partial charge on any atom is 0.0742 e. The summed E-state index contributed by atoms with van der Waals surface area (Å²) in [6.45, 7) is 7.38. The lowest BCUT2D eigenvalue weighted by Gasteiger charge is -1.94. The van der Waals surface area contributed by atoms with E-state index >= 15 is 0 Å². The molecule has 0 aromatic rings. The van der Waals surface area contributed by atoms with Crippen LogP contribution >= 0.6 is 0 Å². The van der Waals surface area contributed by atoms with Gasteiger partial charge in [-0.2, -0.15) is 0 Å². The summed E-state index contributed by atoms with van der Waals surface area (Å²) >= 11 is 0. The Labute approximate surface area is 75.4 Å². The van der Waals surface area contributed by atoms with Gasteiger partial charge < -0.3 is 14.9 Å². The third-order valence-corrected chi connectivity index (χ3v) is 1.11. The third kappa shape index (κ3) is 22.5. The SMILES string of the molecule is CC(O)CO.CCCCOCC. The zero-order valence-corrected chi connectivity index (χ0v) is 8.42. The predicted octanol–water partition coefficient (Wildman–Crippen LogP) is 1.18. The monoisotopic (exact) mass is 178 g/mol. The van der Waals surface area contributed by atoms with Crippen molar-refractivity contribution in [3.05, 3.63) is 0 Å². The van der Waals surface area contributed by atoms with Gasteiger partial charge in [0.2, 0.25) is 0 Å². The van der Waals surface area contributed by atoms with Crippen molar-refractivity contribution in [3.8, 4) is 0 Å². The summed E-state index contributed by atoms with van der Waals surface area (Å²) in [5.41, 5.74) is 0. The first-order valence-electron chi connectivity index (χ1n) is 4.55. The van der Waals surface area contributed by atoms with Gasteiger partial charge in [-0.1, -0.05) is 13.3 Å². The van der Waals surface area contributed by atoms with Crippen LogP contribution in [0.15, 0.2) is 0 Å². The maximum atomic E-state index is 8.11. The van der Waals surface area contributed by atoms with E-state index in [1.165, 1.54) is 19.8 Å². The Morgan fingerprint density at radius 1 is 1.33 bits per heavy atom. The zero-order chi connectivity index (χ0) is 9.82. The first-order valence-corrected chi connectivity index (χ1v) is 4.55. The second kappa shape index (κ2) is 13.5. The van der Waals surface area contributed by atoms with Crippen LogP contribution in [0.2, 0.25) is 0 Å². The minimum absolute atomic E-state index is 0.139. The Hall–Kier alpha value is -0.120. The molecule has 0 radical (unpaired) electrons. The van der Waals surface area contributed by atoms with Crippen LogP contribution in [0.1, 0.15) is 33.6 Å². The van der Waals surface area contributed by atoms with Gasteiger partial charge in [-0.05, 0) is 20.3 Å². The van der Waals surface area contributed by atoms with Gasteiger partial charge in [-0.3, -0.25) is 0 Å². The molecule has 0 aliphatic rings. The third-order valence-electron chi connectivity index (χ3n) is 1.11. The van der Waals surface area contributed by atoms with Gasteiger partial charge in [-0.15, -0.1) is 0 Å². The Bertz CT molecular complexity index is 60.8. The van der Waals surface area contributed by atoms with E-state index in [-0.39, 0.29) is 6.61 Å². The van der Waals surface area contributed by atoms with Crippen LogP contribution in [0, 0.1) is 0 Å². The molecule has 0 heterocycles. The van der Waals surface area contributed by atoms with Crippen LogP contribution in [0.25, 0.3) is 0 Å². The molecule has 2 N–H and O–H groups in total. The molecule has 0 rings (SSSR count). The van der Waals surface area contributed by atoms with Crippen LogP contribution in [0.5, 0.6) is 0 Å². The van der Waals surface area contributed by atoms with Crippen molar-refractivity contribution >= 4 is 0 Å². The lowest BCUT2D eigenvalue weighted by Crippen LogP contribution is -2.03. The molecule has 0 amide bonds. The Balaban J connectivity index is 0. The lowest BCUT2D eigenvalue weighted by atomic mass is 10.4. The number of aliphatic hydroxyl groups excluding tert-OH is 2. The molecule has 0 aromatic heterocycles. The van der Waals surface area contributed by atoms with E-state index < -0.39 is 6.10 Å². The van der Waals surface area contributed by atoms with E-state index in [0.29, 0.717) is 0 Å². The molecule has 0 saturated carbocycles. The first kappa shape index (κ1) is 14.4. The molecule has 0 fully saturated rings. The van der Waals surface area contributed by atoms with E-state index in [9.17, 15) is 0 Å². The molecule has 0 saturated heterocycles. The molecule has 1 unspecified atom stereocenters.